The van der Waals surface area contributed by atoms with Gasteiger partial charge in [0, 0.05) is 24.7 Å². The van der Waals surface area contributed by atoms with Crippen LogP contribution in [-0.4, -0.2) is 31.6 Å². The first-order valence-corrected chi connectivity index (χ1v) is 10.0. The average Bonchev–Trinajstić information content (AvgIpc) is 3.20. The standard InChI is InChI=1S/C20H26N2O4S/c1-3-11-25-16-8-7-15(14-17(16)26-12-4-2)22-19(23)9-10-21-20(24)18-6-5-13-27-18/h5-8,13-14H,3-4,9-12H2,1-2H3,(H,21,24)(H,22,23). The van der Waals surface area contributed by atoms with Gasteiger partial charge in [-0.2, -0.15) is 0 Å². The third kappa shape index (κ3) is 6.94. The van der Waals surface area contributed by atoms with Gasteiger partial charge in [-0.15, -0.1) is 11.3 Å². The average molecular weight is 391 g/mol. The molecule has 2 amide bonds. The number of anilines is 1. The van der Waals surface area contributed by atoms with Crippen molar-refractivity contribution in [3.8, 4) is 11.5 Å². The summed E-state index contributed by atoms with van der Waals surface area (Å²) in [6.45, 7) is 5.54. The van der Waals surface area contributed by atoms with E-state index >= 15 is 0 Å². The van der Waals surface area contributed by atoms with Crippen LogP contribution in [0.2, 0.25) is 0 Å². The molecule has 146 valence electrons. The number of benzene rings is 1. The first kappa shape index (κ1) is 20.8. The van der Waals surface area contributed by atoms with Crippen LogP contribution in [0.1, 0.15) is 42.8 Å². The molecule has 2 aromatic rings. The van der Waals surface area contributed by atoms with Crippen LogP contribution in [0.3, 0.4) is 0 Å². The molecule has 0 spiro atoms. The number of ether oxygens (including phenoxy) is 2. The molecule has 1 aromatic heterocycles. The molecule has 0 atom stereocenters. The highest BCUT2D eigenvalue weighted by molar-refractivity contribution is 7.12. The normalized spacial score (nSPS) is 10.3. The van der Waals surface area contributed by atoms with E-state index in [4.69, 9.17) is 9.47 Å². The fourth-order valence-electron chi connectivity index (χ4n) is 2.25. The lowest BCUT2D eigenvalue weighted by atomic mass is 10.2. The highest BCUT2D eigenvalue weighted by Gasteiger charge is 2.10. The molecule has 6 nitrogen and oxygen atoms in total. The SMILES string of the molecule is CCCOc1ccc(NC(=O)CCNC(=O)c2cccs2)cc1OCCC. The maximum absolute atomic E-state index is 12.1. The molecule has 0 aliphatic heterocycles. The van der Waals surface area contributed by atoms with Gasteiger partial charge in [0.05, 0.1) is 18.1 Å². The van der Waals surface area contributed by atoms with Crippen LogP contribution < -0.4 is 20.1 Å². The fraction of sp³-hybridized carbons (Fsp3) is 0.400. The van der Waals surface area contributed by atoms with E-state index in [1.165, 1.54) is 11.3 Å². The number of thiophene rings is 1. The number of rotatable bonds is 11. The maximum Gasteiger partial charge on any atom is 0.261 e. The topological polar surface area (TPSA) is 76.7 Å². The van der Waals surface area contributed by atoms with Gasteiger partial charge in [0.15, 0.2) is 11.5 Å². The minimum atomic E-state index is -0.176. The Balaban J connectivity index is 1.87. The molecule has 2 rings (SSSR count). The van der Waals surface area contributed by atoms with Gasteiger partial charge in [-0.05, 0) is 36.4 Å². The summed E-state index contributed by atoms with van der Waals surface area (Å²) in [6.07, 6.45) is 1.98. The first-order valence-electron chi connectivity index (χ1n) is 9.15. The van der Waals surface area contributed by atoms with Crippen LogP contribution in [0.4, 0.5) is 5.69 Å². The molecule has 0 bridgehead atoms. The molecule has 7 heteroatoms. The summed E-state index contributed by atoms with van der Waals surface area (Å²) in [5.41, 5.74) is 0.638. The van der Waals surface area contributed by atoms with Crippen LogP contribution in [0.5, 0.6) is 11.5 Å². The maximum atomic E-state index is 12.1. The molecule has 1 heterocycles. The zero-order valence-electron chi connectivity index (χ0n) is 15.7. The summed E-state index contributed by atoms with van der Waals surface area (Å²) in [6, 6.07) is 8.92. The van der Waals surface area contributed by atoms with E-state index in [0.29, 0.717) is 35.3 Å². The van der Waals surface area contributed by atoms with Crippen molar-refractivity contribution in [2.75, 3.05) is 25.1 Å². The van der Waals surface area contributed by atoms with Gasteiger partial charge in [0.1, 0.15) is 0 Å². The smallest absolute Gasteiger partial charge is 0.261 e. The number of carbonyl (C=O) groups excluding carboxylic acids is 2. The number of carbonyl (C=O) groups is 2. The largest absolute Gasteiger partial charge is 0.490 e. The molecule has 2 N–H and O–H groups in total. The van der Waals surface area contributed by atoms with Crippen molar-refractivity contribution in [2.45, 2.75) is 33.1 Å². The highest BCUT2D eigenvalue weighted by atomic mass is 32.1. The monoisotopic (exact) mass is 390 g/mol. The first-order chi connectivity index (χ1) is 13.1. The summed E-state index contributed by atoms with van der Waals surface area (Å²) in [5.74, 6) is 0.955. The van der Waals surface area contributed by atoms with Crippen molar-refractivity contribution < 1.29 is 19.1 Å². The Hall–Kier alpha value is -2.54. The van der Waals surface area contributed by atoms with Crippen LogP contribution in [0.25, 0.3) is 0 Å². The van der Waals surface area contributed by atoms with Crippen molar-refractivity contribution in [1.82, 2.24) is 5.32 Å². The quantitative estimate of drug-likeness (QED) is 0.606. The lowest BCUT2D eigenvalue weighted by Crippen LogP contribution is -2.27. The van der Waals surface area contributed by atoms with Gasteiger partial charge >= 0.3 is 0 Å². The van der Waals surface area contributed by atoms with E-state index in [0.717, 1.165) is 12.8 Å². The Bertz CT molecular complexity index is 732. The van der Waals surface area contributed by atoms with Crippen LogP contribution in [0.15, 0.2) is 35.7 Å². The van der Waals surface area contributed by atoms with E-state index in [2.05, 4.69) is 10.6 Å². The van der Waals surface area contributed by atoms with Crippen molar-refractivity contribution in [2.24, 2.45) is 0 Å². The van der Waals surface area contributed by atoms with Gasteiger partial charge in [-0.1, -0.05) is 19.9 Å². The number of nitrogens with one attached hydrogen (secondary N) is 2. The van der Waals surface area contributed by atoms with Crippen molar-refractivity contribution in [3.05, 3.63) is 40.6 Å². The molecule has 1 aromatic carbocycles. The minimum absolute atomic E-state index is 0.162. The van der Waals surface area contributed by atoms with Gasteiger partial charge in [-0.25, -0.2) is 0 Å². The second-order valence-corrected chi connectivity index (χ2v) is 6.84. The highest BCUT2D eigenvalue weighted by Crippen LogP contribution is 2.31. The summed E-state index contributed by atoms with van der Waals surface area (Å²) in [4.78, 5) is 24.6. The van der Waals surface area contributed by atoms with Crippen molar-refractivity contribution >= 4 is 28.8 Å². The number of hydrogen-bond donors (Lipinski definition) is 2. The summed E-state index contributed by atoms with van der Waals surface area (Å²) >= 11 is 1.37. The molecule has 0 saturated heterocycles. The van der Waals surface area contributed by atoms with Crippen molar-refractivity contribution in [3.63, 3.8) is 0 Å². The predicted molar refractivity (Wildman–Crippen MR) is 108 cm³/mol. The Morgan fingerprint density at radius 3 is 2.44 bits per heavy atom. The lowest BCUT2D eigenvalue weighted by molar-refractivity contribution is -0.116. The van der Waals surface area contributed by atoms with Gasteiger partial charge < -0.3 is 20.1 Å². The lowest BCUT2D eigenvalue weighted by Gasteiger charge is -2.14. The third-order valence-corrected chi connectivity index (χ3v) is 4.40. The van der Waals surface area contributed by atoms with Gasteiger partial charge in [0.2, 0.25) is 5.91 Å². The molecule has 0 aliphatic rings. The van der Waals surface area contributed by atoms with Crippen LogP contribution >= 0.6 is 11.3 Å². The number of amides is 2. The predicted octanol–water partition coefficient (Wildman–Crippen LogP) is 4.08. The third-order valence-electron chi connectivity index (χ3n) is 3.53. The van der Waals surface area contributed by atoms with E-state index < -0.39 is 0 Å². The van der Waals surface area contributed by atoms with E-state index in [9.17, 15) is 9.59 Å². The van der Waals surface area contributed by atoms with E-state index in [1.54, 1.807) is 24.3 Å². The Labute approximate surface area is 163 Å². The molecule has 0 radical (unpaired) electrons. The Kier molecular flexibility index (Phi) is 8.64. The fourth-order valence-corrected chi connectivity index (χ4v) is 2.89. The summed E-state index contributed by atoms with van der Waals surface area (Å²) < 4.78 is 11.4. The van der Waals surface area contributed by atoms with E-state index in [-0.39, 0.29) is 24.8 Å². The molecule has 0 fully saturated rings. The molecule has 0 unspecified atom stereocenters. The van der Waals surface area contributed by atoms with Crippen molar-refractivity contribution in [1.29, 1.82) is 0 Å². The molecular formula is C20H26N2O4S. The second-order valence-electron chi connectivity index (χ2n) is 5.89. The summed E-state index contributed by atoms with van der Waals surface area (Å²) in [7, 11) is 0. The molecule has 0 aliphatic carbocycles. The van der Waals surface area contributed by atoms with Crippen LogP contribution in [-0.2, 0) is 4.79 Å². The molecule has 27 heavy (non-hydrogen) atoms. The Morgan fingerprint density at radius 1 is 1.04 bits per heavy atom. The summed E-state index contributed by atoms with van der Waals surface area (Å²) in [5, 5.41) is 7.41. The molecule has 0 saturated carbocycles. The minimum Gasteiger partial charge on any atom is -0.490 e. The Morgan fingerprint density at radius 2 is 1.78 bits per heavy atom. The number of hydrogen-bond acceptors (Lipinski definition) is 5. The second kappa shape index (κ2) is 11.2. The molecular weight excluding hydrogens is 364 g/mol. The van der Waals surface area contributed by atoms with Gasteiger partial charge in [0.25, 0.3) is 5.91 Å². The van der Waals surface area contributed by atoms with Gasteiger partial charge in [-0.3, -0.25) is 9.59 Å². The zero-order chi connectivity index (χ0) is 19.5. The zero-order valence-corrected chi connectivity index (χ0v) is 16.6. The van der Waals surface area contributed by atoms with E-state index in [1.807, 2.05) is 25.3 Å². The van der Waals surface area contributed by atoms with Crippen LogP contribution in [0, 0.1) is 0 Å².